The summed E-state index contributed by atoms with van der Waals surface area (Å²) in [5, 5.41) is 2.43. The Labute approximate surface area is 170 Å². The first-order chi connectivity index (χ1) is 14.2. The van der Waals surface area contributed by atoms with Crippen molar-refractivity contribution in [1.82, 2.24) is 5.43 Å². The minimum atomic E-state index is -0.527. The Morgan fingerprint density at radius 2 is 1.86 bits per heavy atom. The third kappa shape index (κ3) is 7.54. The number of aliphatic imine (C=N–C) groups is 1. The summed E-state index contributed by atoms with van der Waals surface area (Å²) in [7, 11) is 0. The van der Waals surface area contributed by atoms with Gasteiger partial charge in [0.15, 0.2) is 0 Å². The van der Waals surface area contributed by atoms with Gasteiger partial charge in [-0.2, -0.15) is 0 Å². The lowest BCUT2D eigenvalue weighted by Gasteiger charge is -2.09. The summed E-state index contributed by atoms with van der Waals surface area (Å²) in [4.78, 5) is 26.4. The third-order valence-electron chi connectivity index (χ3n) is 4.44. The van der Waals surface area contributed by atoms with Gasteiger partial charge in [0, 0.05) is 18.4 Å². The van der Waals surface area contributed by atoms with E-state index in [0.29, 0.717) is 24.3 Å². The highest BCUT2D eigenvalue weighted by Crippen LogP contribution is 2.23. The molecule has 1 amide bonds. The van der Waals surface area contributed by atoms with Crippen molar-refractivity contribution in [2.24, 2.45) is 10.3 Å². The van der Waals surface area contributed by atoms with Gasteiger partial charge in [-0.05, 0) is 61.1 Å². The molecule has 0 heterocycles. The van der Waals surface area contributed by atoms with E-state index in [0.717, 1.165) is 42.5 Å². The van der Waals surface area contributed by atoms with Crippen LogP contribution in [0.1, 0.15) is 53.2 Å². The lowest BCUT2D eigenvalue weighted by molar-refractivity contribution is 0.0954. The second kappa shape index (κ2) is 12.5. The number of alkyl halides is 1. The van der Waals surface area contributed by atoms with Gasteiger partial charge in [0.2, 0.25) is 0 Å². The number of rotatable bonds is 12. The van der Waals surface area contributed by atoms with Crippen LogP contribution in [0.3, 0.4) is 0 Å². The van der Waals surface area contributed by atoms with Crippen LogP contribution in [-0.2, 0) is 24.4 Å². The summed E-state index contributed by atoms with van der Waals surface area (Å²) in [5.74, 6) is -0.527. The highest BCUT2D eigenvalue weighted by molar-refractivity contribution is 5.94. The second-order valence-electron chi connectivity index (χ2n) is 6.58. The van der Waals surface area contributed by atoms with Gasteiger partial charge in [-0.3, -0.25) is 9.79 Å². The number of hydrogen-bond acceptors (Lipinski definition) is 5. The van der Waals surface area contributed by atoms with Crippen molar-refractivity contribution >= 4 is 17.8 Å². The number of unbranched alkanes of at least 4 members (excludes halogenated alkanes) is 2. The normalized spacial score (nSPS) is 11.0. The summed E-state index contributed by atoms with van der Waals surface area (Å²) in [5.41, 5.74) is 5.77. The maximum Gasteiger partial charge on any atom is 0.273 e. The quantitative estimate of drug-likeness (QED) is 0.230. The van der Waals surface area contributed by atoms with Crippen molar-refractivity contribution in [2.75, 3.05) is 6.61 Å². The molecular weight excluding hydrogens is 373 g/mol. The maximum atomic E-state index is 12.5. The Hall–Kier alpha value is -2.93. The molecule has 6 nitrogen and oxygen atoms in total. The zero-order chi connectivity index (χ0) is 20.9. The molecule has 0 fully saturated rings. The molecular formula is C22H26FN3O3. The molecule has 0 unspecified atom stereocenters. The lowest BCUT2D eigenvalue weighted by atomic mass is 10.0. The predicted octanol–water partition coefficient (Wildman–Crippen LogP) is 5.22. The van der Waals surface area contributed by atoms with Crippen molar-refractivity contribution in [3.63, 3.8) is 0 Å². The van der Waals surface area contributed by atoms with E-state index < -0.39 is 12.6 Å². The number of nitroso groups, excluding NO2 is 1. The van der Waals surface area contributed by atoms with Crippen LogP contribution in [0.15, 0.2) is 52.7 Å². The number of carbonyl (C=O) groups excluding carboxylic acids is 1. The van der Waals surface area contributed by atoms with Gasteiger partial charge in [-0.15, -0.1) is 4.91 Å². The van der Waals surface area contributed by atoms with E-state index in [4.69, 9.17) is 4.74 Å². The molecule has 2 aromatic rings. The fraction of sp³-hybridized carbons (Fsp3) is 0.364. The minimum absolute atomic E-state index is 0.386. The zero-order valence-electron chi connectivity index (χ0n) is 16.6. The van der Waals surface area contributed by atoms with Gasteiger partial charge >= 0.3 is 0 Å². The Morgan fingerprint density at radius 3 is 2.55 bits per heavy atom. The Bertz CT molecular complexity index is 823. The third-order valence-corrected chi connectivity index (χ3v) is 4.44. The number of nitrogens with one attached hydrogen (secondary N) is 1. The van der Waals surface area contributed by atoms with Crippen LogP contribution in [0.5, 0.6) is 0 Å². The van der Waals surface area contributed by atoms with Crippen LogP contribution in [-0.4, -0.2) is 18.7 Å². The van der Waals surface area contributed by atoms with E-state index in [2.05, 4.69) is 10.3 Å². The number of ether oxygens (including phenoxy) is 1. The van der Waals surface area contributed by atoms with E-state index >= 15 is 0 Å². The summed E-state index contributed by atoms with van der Waals surface area (Å²) < 4.78 is 18.2. The lowest BCUT2D eigenvalue weighted by Crippen LogP contribution is -2.16. The van der Waals surface area contributed by atoms with E-state index in [1.54, 1.807) is 36.5 Å². The van der Waals surface area contributed by atoms with Gasteiger partial charge < -0.3 is 4.74 Å². The first-order valence-corrected chi connectivity index (χ1v) is 9.63. The SMILES string of the molecule is C/C=N\c1ccc(C(=O)NN=O)cc1CCCCCOCc1ccc(CF)cc1. The fourth-order valence-electron chi connectivity index (χ4n) is 2.91. The molecule has 0 aliphatic rings. The average Bonchev–Trinajstić information content (AvgIpc) is 2.74. The number of nitrogens with zero attached hydrogens (tertiary/aromatic N) is 2. The number of aryl methyl sites for hydroxylation is 1. The van der Waals surface area contributed by atoms with Crippen molar-refractivity contribution in [1.29, 1.82) is 0 Å². The van der Waals surface area contributed by atoms with E-state index in [1.807, 2.05) is 24.5 Å². The number of benzene rings is 2. The number of amides is 1. The Kier molecular flexibility index (Phi) is 9.65. The standard InChI is InChI=1S/C22H26FN3O3/c1-2-24-21-12-11-20(22(27)25-26-28)14-19(21)6-4-3-5-13-29-16-18-9-7-17(15-23)8-10-18/h2,7-12,14H,3-6,13,15-16H2,1H3,(H,25,27,28)/b24-2-. The molecule has 1 N–H and O–H groups in total. The monoisotopic (exact) mass is 399 g/mol. The van der Waals surface area contributed by atoms with Crippen LogP contribution in [0, 0.1) is 4.91 Å². The molecule has 0 saturated heterocycles. The van der Waals surface area contributed by atoms with Crippen LogP contribution in [0.4, 0.5) is 10.1 Å². The molecule has 0 aliphatic carbocycles. The van der Waals surface area contributed by atoms with Crippen LogP contribution in [0.2, 0.25) is 0 Å². The predicted molar refractivity (Wildman–Crippen MR) is 112 cm³/mol. The molecule has 0 bridgehead atoms. The van der Waals surface area contributed by atoms with Crippen LogP contribution >= 0.6 is 0 Å². The van der Waals surface area contributed by atoms with Crippen molar-refractivity contribution in [2.45, 2.75) is 45.9 Å². The molecule has 0 atom stereocenters. The number of hydrogen-bond donors (Lipinski definition) is 1. The van der Waals surface area contributed by atoms with Gasteiger partial charge in [-0.1, -0.05) is 30.7 Å². The molecule has 154 valence electrons. The van der Waals surface area contributed by atoms with E-state index in [1.165, 1.54) is 0 Å². The van der Waals surface area contributed by atoms with Gasteiger partial charge in [-0.25, -0.2) is 9.82 Å². The van der Waals surface area contributed by atoms with Crippen molar-refractivity contribution in [3.8, 4) is 0 Å². The molecule has 0 saturated carbocycles. The second-order valence-corrected chi connectivity index (χ2v) is 6.58. The molecule has 2 aromatic carbocycles. The zero-order valence-corrected chi connectivity index (χ0v) is 16.6. The fourth-order valence-corrected chi connectivity index (χ4v) is 2.91. The smallest absolute Gasteiger partial charge is 0.273 e. The first-order valence-electron chi connectivity index (χ1n) is 9.63. The highest BCUT2D eigenvalue weighted by atomic mass is 19.1. The molecule has 2 rings (SSSR count). The Balaban J connectivity index is 1.76. The molecule has 0 radical (unpaired) electrons. The van der Waals surface area contributed by atoms with E-state index in [-0.39, 0.29) is 0 Å². The summed E-state index contributed by atoms with van der Waals surface area (Å²) in [6.45, 7) is 2.55. The minimum Gasteiger partial charge on any atom is -0.377 e. The summed E-state index contributed by atoms with van der Waals surface area (Å²) in [6.07, 6.45) is 5.30. The molecule has 0 spiro atoms. The summed E-state index contributed by atoms with van der Waals surface area (Å²) >= 11 is 0. The van der Waals surface area contributed by atoms with Crippen LogP contribution < -0.4 is 5.43 Å². The van der Waals surface area contributed by atoms with Crippen LogP contribution in [0.25, 0.3) is 0 Å². The Morgan fingerprint density at radius 1 is 1.10 bits per heavy atom. The van der Waals surface area contributed by atoms with E-state index in [9.17, 15) is 14.1 Å². The topological polar surface area (TPSA) is 80.1 Å². The van der Waals surface area contributed by atoms with Gasteiger partial charge in [0.05, 0.1) is 17.6 Å². The molecule has 7 heteroatoms. The number of carbonyl (C=O) groups is 1. The highest BCUT2D eigenvalue weighted by Gasteiger charge is 2.09. The number of halogens is 1. The van der Waals surface area contributed by atoms with Gasteiger partial charge in [0.1, 0.15) is 6.67 Å². The molecule has 29 heavy (non-hydrogen) atoms. The molecule has 0 aromatic heterocycles. The average molecular weight is 399 g/mol. The van der Waals surface area contributed by atoms with Crippen molar-refractivity contribution in [3.05, 3.63) is 69.6 Å². The first kappa shape index (κ1) is 22.4. The van der Waals surface area contributed by atoms with Crippen molar-refractivity contribution < 1.29 is 13.9 Å². The van der Waals surface area contributed by atoms with Gasteiger partial charge in [0.25, 0.3) is 5.91 Å². The summed E-state index contributed by atoms with van der Waals surface area (Å²) in [6, 6.07) is 12.5. The molecule has 0 aliphatic heterocycles. The maximum absolute atomic E-state index is 12.5. The largest absolute Gasteiger partial charge is 0.377 e.